The number of carbonyl (C=O) groups is 3. The molecule has 0 aliphatic heterocycles. The predicted molar refractivity (Wildman–Crippen MR) is 118 cm³/mol. The van der Waals surface area contributed by atoms with Gasteiger partial charge in [0.2, 0.25) is 5.91 Å². The van der Waals surface area contributed by atoms with E-state index >= 15 is 0 Å². The first-order valence-electron chi connectivity index (χ1n) is 9.87. The Bertz CT molecular complexity index is 1050. The van der Waals surface area contributed by atoms with Crippen LogP contribution in [0.15, 0.2) is 36.4 Å². The fraction of sp³-hybridized carbons (Fsp3) is 0.318. The van der Waals surface area contributed by atoms with Gasteiger partial charge in [-0.05, 0) is 36.8 Å². The lowest BCUT2D eigenvalue weighted by Crippen LogP contribution is -2.21. The molecule has 0 saturated heterocycles. The van der Waals surface area contributed by atoms with Gasteiger partial charge >= 0.3 is 12.1 Å². The Labute approximate surface area is 198 Å². The second kappa shape index (κ2) is 12.1. The van der Waals surface area contributed by atoms with E-state index in [0.717, 1.165) is 18.2 Å². The number of hydrogen-bond acceptors (Lipinski definition) is 6. The number of halogens is 4. The Hall–Kier alpha value is -3.47. The molecule has 0 aliphatic carbocycles. The Balaban J connectivity index is 1.77. The molecule has 0 heterocycles. The lowest BCUT2D eigenvalue weighted by Gasteiger charge is -2.12. The first-order chi connectivity index (χ1) is 16.0. The highest BCUT2D eigenvalue weighted by atomic mass is 35.5. The van der Waals surface area contributed by atoms with E-state index in [9.17, 15) is 27.6 Å². The third-order valence-corrected chi connectivity index (χ3v) is 4.73. The number of benzene rings is 2. The second-order valence-electron chi connectivity index (χ2n) is 6.87. The summed E-state index contributed by atoms with van der Waals surface area (Å²) in [6.07, 6.45) is -4.89. The molecule has 2 N–H and O–H groups in total. The van der Waals surface area contributed by atoms with E-state index in [1.165, 1.54) is 20.3 Å². The number of hydrogen-bond donors (Lipinski definition) is 2. The van der Waals surface area contributed by atoms with Crippen LogP contribution < -0.4 is 20.1 Å². The van der Waals surface area contributed by atoms with Crippen LogP contribution in [0.3, 0.4) is 0 Å². The van der Waals surface area contributed by atoms with Crippen LogP contribution in [0.25, 0.3) is 0 Å². The topological polar surface area (TPSA) is 103 Å². The molecule has 184 valence electrons. The Morgan fingerprint density at radius 2 is 1.62 bits per heavy atom. The van der Waals surface area contributed by atoms with Crippen molar-refractivity contribution in [3.8, 4) is 11.5 Å². The number of amides is 2. The van der Waals surface area contributed by atoms with Gasteiger partial charge in [0.15, 0.2) is 6.61 Å². The van der Waals surface area contributed by atoms with Gasteiger partial charge in [-0.3, -0.25) is 14.4 Å². The quantitative estimate of drug-likeness (QED) is 0.458. The molecule has 0 radical (unpaired) electrons. The van der Waals surface area contributed by atoms with Gasteiger partial charge < -0.3 is 24.8 Å². The number of alkyl halides is 3. The van der Waals surface area contributed by atoms with Crippen LogP contribution in [0.2, 0.25) is 5.02 Å². The molecule has 34 heavy (non-hydrogen) atoms. The third kappa shape index (κ3) is 8.14. The summed E-state index contributed by atoms with van der Waals surface area (Å²) in [5.74, 6) is -1.10. The molecule has 0 aliphatic rings. The third-order valence-electron chi connectivity index (χ3n) is 4.40. The molecule has 8 nitrogen and oxygen atoms in total. The number of ether oxygens (including phenoxy) is 3. The highest BCUT2D eigenvalue weighted by Gasteiger charge is 2.31. The van der Waals surface area contributed by atoms with Gasteiger partial charge in [0.25, 0.3) is 5.91 Å². The van der Waals surface area contributed by atoms with E-state index in [1.807, 2.05) is 0 Å². The number of methoxy groups -OCH3 is 2. The van der Waals surface area contributed by atoms with Crippen LogP contribution in [-0.4, -0.2) is 38.6 Å². The summed E-state index contributed by atoms with van der Waals surface area (Å²) in [5, 5.41) is 4.76. The molecule has 0 atom stereocenters. The maximum atomic E-state index is 12.8. The van der Waals surface area contributed by atoms with E-state index in [4.69, 9.17) is 25.8 Å². The molecular formula is C22H22ClF3N2O6. The normalized spacial score (nSPS) is 10.9. The van der Waals surface area contributed by atoms with Gasteiger partial charge in [-0.1, -0.05) is 11.6 Å². The van der Waals surface area contributed by atoms with E-state index < -0.39 is 36.1 Å². The first-order valence-corrected chi connectivity index (χ1v) is 10.3. The minimum Gasteiger partial charge on any atom is -0.497 e. The fourth-order valence-electron chi connectivity index (χ4n) is 2.72. The van der Waals surface area contributed by atoms with Crippen LogP contribution in [0, 0.1) is 0 Å². The van der Waals surface area contributed by atoms with Crippen molar-refractivity contribution < 1.29 is 41.8 Å². The van der Waals surface area contributed by atoms with Crippen LogP contribution >= 0.6 is 11.6 Å². The van der Waals surface area contributed by atoms with Gasteiger partial charge in [-0.15, -0.1) is 0 Å². The van der Waals surface area contributed by atoms with Gasteiger partial charge in [0.05, 0.1) is 36.2 Å². The molecule has 0 saturated carbocycles. The standard InChI is InChI=1S/C22H22ClF3N2O6/c1-32-14-7-9-18(33-2)17(11-14)28-20(30)12-34-21(31)5-3-4-19(29)27-16-10-13(22(24,25)26)6-8-15(16)23/h6-11H,3-5,12H2,1-2H3,(H,27,29)(H,28,30). The van der Waals surface area contributed by atoms with Crippen molar-refractivity contribution in [1.29, 1.82) is 0 Å². The number of anilines is 2. The van der Waals surface area contributed by atoms with E-state index in [2.05, 4.69) is 10.6 Å². The average molecular weight is 503 g/mol. The predicted octanol–water partition coefficient (Wildman–Crippen LogP) is 4.67. The van der Waals surface area contributed by atoms with Gasteiger partial charge in [0, 0.05) is 18.9 Å². The molecule has 2 aromatic rings. The van der Waals surface area contributed by atoms with Crippen LogP contribution in [0.5, 0.6) is 11.5 Å². The second-order valence-corrected chi connectivity index (χ2v) is 7.28. The zero-order valence-electron chi connectivity index (χ0n) is 18.3. The number of carbonyl (C=O) groups excluding carboxylic acids is 3. The smallest absolute Gasteiger partial charge is 0.416 e. The average Bonchev–Trinajstić information content (AvgIpc) is 2.78. The van der Waals surface area contributed by atoms with Crippen molar-refractivity contribution in [2.45, 2.75) is 25.4 Å². The SMILES string of the molecule is COc1ccc(OC)c(NC(=O)COC(=O)CCCC(=O)Nc2cc(C(F)(F)F)ccc2Cl)c1. The zero-order valence-corrected chi connectivity index (χ0v) is 19.0. The highest BCUT2D eigenvalue weighted by molar-refractivity contribution is 6.33. The number of rotatable bonds is 10. The van der Waals surface area contributed by atoms with Crippen molar-refractivity contribution in [1.82, 2.24) is 0 Å². The Morgan fingerprint density at radius 1 is 0.912 bits per heavy atom. The van der Waals surface area contributed by atoms with E-state index in [-0.39, 0.29) is 30.0 Å². The first kappa shape index (κ1) is 26.8. The molecule has 0 aromatic heterocycles. The van der Waals surface area contributed by atoms with Crippen LogP contribution in [0.1, 0.15) is 24.8 Å². The maximum absolute atomic E-state index is 12.8. The molecule has 0 spiro atoms. The summed E-state index contributed by atoms with van der Waals surface area (Å²) in [6.45, 7) is -0.564. The largest absolute Gasteiger partial charge is 0.497 e. The van der Waals surface area contributed by atoms with E-state index in [0.29, 0.717) is 17.2 Å². The molecular weight excluding hydrogens is 481 g/mol. The number of esters is 1. The lowest BCUT2D eigenvalue weighted by atomic mass is 10.2. The summed E-state index contributed by atoms with van der Waals surface area (Å²) in [6, 6.07) is 7.33. The van der Waals surface area contributed by atoms with Crippen LogP contribution in [-0.2, 0) is 25.3 Å². The summed E-state index contributed by atoms with van der Waals surface area (Å²) < 4.78 is 53.5. The van der Waals surface area contributed by atoms with Gasteiger partial charge in [0.1, 0.15) is 11.5 Å². The zero-order chi connectivity index (χ0) is 25.3. The molecule has 2 rings (SSSR count). The Morgan fingerprint density at radius 3 is 2.26 bits per heavy atom. The molecule has 12 heteroatoms. The lowest BCUT2D eigenvalue weighted by molar-refractivity contribution is -0.147. The highest BCUT2D eigenvalue weighted by Crippen LogP contribution is 2.34. The Kier molecular flexibility index (Phi) is 9.55. The minimum absolute atomic E-state index is 0.0482. The van der Waals surface area contributed by atoms with Gasteiger partial charge in [-0.25, -0.2) is 0 Å². The fourth-order valence-corrected chi connectivity index (χ4v) is 2.88. The summed E-state index contributed by atoms with van der Waals surface area (Å²) in [4.78, 5) is 35.9. The van der Waals surface area contributed by atoms with Crippen molar-refractivity contribution in [3.63, 3.8) is 0 Å². The van der Waals surface area contributed by atoms with Crippen LogP contribution in [0.4, 0.5) is 24.5 Å². The van der Waals surface area contributed by atoms with Crippen molar-refractivity contribution in [2.75, 3.05) is 31.5 Å². The summed E-state index contributed by atoms with van der Waals surface area (Å²) in [5.41, 5.74) is -0.817. The summed E-state index contributed by atoms with van der Waals surface area (Å²) in [7, 11) is 2.89. The number of nitrogens with one attached hydrogen (secondary N) is 2. The molecule has 0 unspecified atom stereocenters. The minimum atomic E-state index is -4.59. The van der Waals surface area contributed by atoms with Gasteiger partial charge in [-0.2, -0.15) is 13.2 Å². The van der Waals surface area contributed by atoms with Crippen molar-refractivity contribution in [3.05, 3.63) is 47.0 Å². The van der Waals surface area contributed by atoms with E-state index in [1.54, 1.807) is 12.1 Å². The molecule has 0 fully saturated rings. The maximum Gasteiger partial charge on any atom is 0.416 e. The van der Waals surface area contributed by atoms with Crippen molar-refractivity contribution in [2.24, 2.45) is 0 Å². The molecule has 2 amide bonds. The molecule has 2 aromatic carbocycles. The van der Waals surface area contributed by atoms with Crippen molar-refractivity contribution >= 4 is 40.8 Å². The monoisotopic (exact) mass is 502 g/mol. The molecule has 0 bridgehead atoms. The summed E-state index contributed by atoms with van der Waals surface area (Å²) >= 11 is 5.83.